The number of amidine groups is 1. The smallest absolute Gasteiger partial charge is 0.328 e. The number of hydrogen-bond acceptors (Lipinski definition) is 4. The van der Waals surface area contributed by atoms with Crippen molar-refractivity contribution in [3.63, 3.8) is 0 Å². The average molecular weight is 364 g/mol. The van der Waals surface area contributed by atoms with Gasteiger partial charge in [-0.1, -0.05) is 24.3 Å². The van der Waals surface area contributed by atoms with Gasteiger partial charge in [0.2, 0.25) is 0 Å². The molecule has 0 saturated carbocycles. The number of aryl methyl sites for hydroxylation is 1. The Morgan fingerprint density at radius 3 is 2.78 bits per heavy atom. The Hall–Kier alpha value is -3.61. The number of aromatic amines is 1. The van der Waals surface area contributed by atoms with Crippen LogP contribution in [-0.4, -0.2) is 39.3 Å². The third-order valence-corrected chi connectivity index (χ3v) is 4.38. The fourth-order valence-corrected chi connectivity index (χ4v) is 2.88. The van der Waals surface area contributed by atoms with Gasteiger partial charge in [-0.15, -0.1) is 0 Å². The largest absolute Gasteiger partial charge is 0.507 e. The van der Waals surface area contributed by atoms with Crippen LogP contribution in [0.15, 0.2) is 53.7 Å². The van der Waals surface area contributed by atoms with E-state index in [1.807, 2.05) is 30.5 Å². The van der Waals surface area contributed by atoms with Crippen LogP contribution in [0.5, 0.6) is 5.75 Å². The van der Waals surface area contributed by atoms with Gasteiger partial charge in [0.15, 0.2) is 0 Å². The fraction of sp³-hybridized carbons (Fsp3) is 0.150. The summed E-state index contributed by atoms with van der Waals surface area (Å²) in [5.74, 6) is -1.28. The van der Waals surface area contributed by atoms with Crippen LogP contribution in [0.3, 0.4) is 0 Å². The van der Waals surface area contributed by atoms with E-state index < -0.39 is 12.0 Å². The zero-order chi connectivity index (χ0) is 19.4. The number of phenols is 1. The maximum Gasteiger partial charge on any atom is 0.328 e. The number of nitrogens with zero attached hydrogens (tertiary/aromatic N) is 1. The predicted octanol–water partition coefficient (Wildman–Crippen LogP) is 2.66. The number of hydrogen-bond donors (Lipinski definition) is 5. The fourth-order valence-electron chi connectivity index (χ4n) is 2.88. The first-order valence-electron chi connectivity index (χ1n) is 8.44. The van der Waals surface area contributed by atoms with E-state index in [9.17, 15) is 15.0 Å². The van der Waals surface area contributed by atoms with Crippen LogP contribution in [0, 0.1) is 5.41 Å². The van der Waals surface area contributed by atoms with Gasteiger partial charge in [0.25, 0.3) is 0 Å². The second kappa shape index (κ2) is 7.74. The number of phenolic OH excluding ortho intramolecular Hbond substituents is 1. The Kier molecular flexibility index (Phi) is 5.21. The van der Waals surface area contributed by atoms with Crippen LogP contribution >= 0.6 is 0 Å². The Balaban J connectivity index is 1.73. The van der Waals surface area contributed by atoms with Gasteiger partial charge in [-0.25, -0.2) is 4.79 Å². The van der Waals surface area contributed by atoms with Crippen LogP contribution in [0.2, 0.25) is 0 Å². The van der Waals surface area contributed by atoms with Crippen LogP contribution < -0.4 is 5.73 Å². The maximum absolute atomic E-state index is 11.5. The number of aliphatic carboxylic acids is 1. The van der Waals surface area contributed by atoms with Gasteiger partial charge in [0, 0.05) is 34.4 Å². The first kappa shape index (κ1) is 18.2. The number of nitrogens with two attached hydrogens (primary N) is 1. The molecule has 0 fully saturated rings. The molecule has 7 nitrogen and oxygen atoms in total. The van der Waals surface area contributed by atoms with Crippen molar-refractivity contribution in [1.29, 1.82) is 5.41 Å². The molecule has 1 heterocycles. The molecule has 0 amide bonds. The van der Waals surface area contributed by atoms with Crippen molar-refractivity contribution in [3.05, 3.63) is 65.4 Å². The molecule has 3 aromatic rings. The molecule has 27 heavy (non-hydrogen) atoms. The standard InChI is InChI=1S/C20H20N4O3/c21-19(22)12-5-6-14(18(25)9-12)11-24-17(20(26)27)8-7-13-10-23-16-4-2-1-3-15(13)16/h1-6,9-11,17,23,25H,7-8H2,(H3,21,22)(H,26,27). The summed E-state index contributed by atoms with van der Waals surface area (Å²) in [6.07, 6.45) is 4.13. The summed E-state index contributed by atoms with van der Waals surface area (Å²) in [4.78, 5) is 18.8. The zero-order valence-corrected chi connectivity index (χ0v) is 14.5. The molecule has 0 spiro atoms. The lowest BCUT2D eigenvalue weighted by Gasteiger charge is -2.08. The molecule has 0 bridgehead atoms. The van der Waals surface area contributed by atoms with E-state index >= 15 is 0 Å². The summed E-state index contributed by atoms with van der Waals surface area (Å²) in [7, 11) is 0. The molecule has 0 aliphatic rings. The highest BCUT2D eigenvalue weighted by molar-refractivity contribution is 5.97. The lowest BCUT2D eigenvalue weighted by Crippen LogP contribution is -2.19. The lowest BCUT2D eigenvalue weighted by molar-refractivity contribution is -0.138. The van der Waals surface area contributed by atoms with Crippen molar-refractivity contribution < 1.29 is 15.0 Å². The van der Waals surface area contributed by atoms with E-state index in [2.05, 4.69) is 9.98 Å². The minimum Gasteiger partial charge on any atom is -0.507 e. The van der Waals surface area contributed by atoms with Gasteiger partial charge >= 0.3 is 5.97 Å². The van der Waals surface area contributed by atoms with Gasteiger partial charge in [-0.05, 0) is 36.6 Å². The van der Waals surface area contributed by atoms with E-state index in [4.69, 9.17) is 11.1 Å². The van der Waals surface area contributed by atoms with Crippen molar-refractivity contribution in [2.24, 2.45) is 10.7 Å². The number of aliphatic imine (C=N–C) groups is 1. The molecule has 1 atom stereocenters. The van der Waals surface area contributed by atoms with E-state index in [1.165, 1.54) is 12.3 Å². The highest BCUT2D eigenvalue weighted by atomic mass is 16.4. The molecule has 1 aromatic heterocycles. The zero-order valence-electron chi connectivity index (χ0n) is 14.5. The number of nitrogen functional groups attached to an aromatic ring is 1. The third-order valence-electron chi connectivity index (χ3n) is 4.38. The minimum absolute atomic E-state index is 0.104. The highest BCUT2D eigenvalue weighted by Crippen LogP contribution is 2.21. The van der Waals surface area contributed by atoms with Crippen molar-refractivity contribution in [2.45, 2.75) is 18.9 Å². The molecule has 3 rings (SSSR count). The number of carbonyl (C=O) groups is 1. The minimum atomic E-state index is -1.02. The van der Waals surface area contributed by atoms with Crippen molar-refractivity contribution in [3.8, 4) is 5.75 Å². The molecule has 138 valence electrons. The lowest BCUT2D eigenvalue weighted by atomic mass is 10.0. The highest BCUT2D eigenvalue weighted by Gasteiger charge is 2.16. The topological polar surface area (TPSA) is 136 Å². The van der Waals surface area contributed by atoms with E-state index in [-0.39, 0.29) is 11.6 Å². The Bertz CT molecular complexity index is 1020. The maximum atomic E-state index is 11.5. The number of aromatic nitrogens is 1. The second-order valence-corrected chi connectivity index (χ2v) is 6.22. The Morgan fingerprint density at radius 2 is 2.07 bits per heavy atom. The first-order chi connectivity index (χ1) is 13.0. The molecular weight excluding hydrogens is 344 g/mol. The van der Waals surface area contributed by atoms with Crippen molar-refractivity contribution >= 4 is 28.9 Å². The van der Waals surface area contributed by atoms with Gasteiger partial charge in [0.1, 0.15) is 17.6 Å². The molecule has 0 radical (unpaired) electrons. The van der Waals surface area contributed by atoms with Crippen LogP contribution in [0.4, 0.5) is 0 Å². The van der Waals surface area contributed by atoms with Crippen LogP contribution in [-0.2, 0) is 11.2 Å². The summed E-state index contributed by atoms with van der Waals surface area (Å²) < 4.78 is 0. The monoisotopic (exact) mass is 364 g/mol. The van der Waals surface area contributed by atoms with Gasteiger partial charge in [0.05, 0.1) is 0 Å². The van der Waals surface area contributed by atoms with E-state index in [0.717, 1.165) is 16.5 Å². The van der Waals surface area contributed by atoms with Crippen molar-refractivity contribution in [1.82, 2.24) is 4.98 Å². The number of para-hydroxylation sites is 1. The number of H-pyrrole nitrogens is 1. The van der Waals surface area contributed by atoms with E-state index in [0.29, 0.717) is 24.0 Å². The molecule has 0 aliphatic heterocycles. The number of carboxylic acids is 1. The number of aromatic hydroxyl groups is 1. The predicted molar refractivity (Wildman–Crippen MR) is 105 cm³/mol. The van der Waals surface area contributed by atoms with Crippen molar-refractivity contribution in [2.75, 3.05) is 0 Å². The molecule has 2 aromatic carbocycles. The first-order valence-corrected chi connectivity index (χ1v) is 8.44. The van der Waals surface area contributed by atoms with Crippen LogP contribution in [0.25, 0.3) is 10.9 Å². The Labute approximate surface area is 155 Å². The van der Waals surface area contributed by atoms with Gasteiger partial charge in [-0.2, -0.15) is 0 Å². The molecule has 7 heteroatoms. The SMILES string of the molecule is N=C(N)c1ccc(C=NC(CCc2c[nH]c3ccccc23)C(=O)O)c(O)c1. The number of carboxylic acid groups (broad SMARTS) is 1. The summed E-state index contributed by atoms with van der Waals surface area (Å²) in [6.45, 7) is 0. The number of rotatable bonds is 7. The summed E-state index contributed by atoms with van der Waals surface area (Å²) in [5, 5.41) is 27.9. The number of nitrogens with one attached hydrogen (secondary N) is 2. The summed E-state index contributed by atoms with van der Waals surface area (Å²) in [6, 6.07) is 11.4. The molecule has 6 N–H and O–H groups in total. The number of benzene rings is 2. The average Bonchev–Trinajstić information content (AvgIpc) is 3.05. The van der Waals surface area contributed by atoms with E-state index in [1.54, 1.807) is 12.1 Å². The third kappa shape index (κ3) is 4.14. The van der Waals surface area contributed by atoms with Gasteiger partial charge < -0.3 is 20.9 Å². The van der Waals surface area contributed by atoms with Crippen LogP contribution in [0.1, 0.15) is 23.1 Å². The molecular formula is C20H20N4O3. The molecule has 0 aliphatic carbocycles. The second-order valence-electron chi connectivity index (χ2n) is 6.22. The summed E-state index contributed by atoms with van der Waals surface area (Å²) in [5.41, 5.74) is 8.19. The Morgan fingerprint density at radius 1 is 1.30 bits per heavy atom. The van der Waals surface area contributed by atoms with Gasteiger partial charge in [-0.3, -0.25) is 10.4 Å². The molecule has 0 saturated heterocycles. The normalized spacial score (nSPS) is 12.4. The summed E-state index contributed by atoms with van der Waals surface area (Å²) >= 11 is 0. The molecule has 1 unspecified atom stereocenters. The quantitative estimate of drug-likeness (QED) is 0.325. The number of fused-ring (bicyclic) bond motifs is 1.